The van der Waals surface area contributed by atoms with E-state index in [0.717, 1.165) is 32.8 Å². The number of aliphatic carboxylic acids is 1. The van der Waals surface area contributed by atoms with E-state index in [2.05, 4.69) is 5.32 Å². The lowest BCUT2D eigenvalue weighted by atomic mass is 9.77. The average Bonchev–Trinajstić information content (AvgIpc) is 3.48. The molecule has 0 saturated heterocycles. The van der Waals surface area contributed by atoms with Crippen molar-refractivity contribution in [3.05, 3.63) is 30.0 Å². The van der Waals surface area contributed by atoms with Crippen molar-refractivity contribution in [1.82, 2.24) is 4.57 Å². The zero-order valence-corrected chi connectivity index (χ0v) is 17.4. The summed E-state index contributed by atoms with van der Waals surface area (Å²) in [7, 11) is 2.45. The van der Waals surface area contributed by atoms with Gasteiger partial charge >= 0.3 is 12.1 Å². The summed E-state index contributed by atoms with van der Waals surface area (Å²) in [6.45, 7) is 0. The van der Waals surface area contributed by atoms with Gasteiger partial charge in [-0.15, -0.1) is 0 Å². The predicted octanol–water partition coefficient (Wildman–Crippen LogP) is 4.73. The molecule has 7 heteroatoms. The van der Waals surface area contributed by atoms with E-state index in [4.69, 9.17) is 20.4 Å². The average molecular weight is 438 g/mol. The Morgan fingerprint density at radius 1 is 1.32 bits per heavy atom. The molecular formula is C24H32N2O5. The molecule has 0 bridgehead atoms. The summed E-state index contributed by atoms with van der Waals surface area (Å²) in [5.41, 5.74) is 1.08. The number of anilines is 1. The number of nitrogens with zero attached hydrogens (tertiary/aromatic N) is 1. The van der Waals surface area contributed by atoms with E-state index in [9.17, 15) is 16.1 Å². The zero-order valence-electron chi connectivity index (χ0n) is 26.4. The second-order valence-corrected chi connectivity index (χ2v) is 7.68. The molecule has 1 amide bonds. The number of ether oxygens (including phenoxy) is 2. The van der Waals surface area contributed by atoms with Crippen LogP contribution in [0.25, 0.3) is 10.9 Å². The molecule has 0 radical (unpaired) electrons. The van der Waals surface area contributed by atoms with E-state index in [1.54, 1.807) is 23.7 Å². The van der Waals surface area contributed by atoms with Crippen LogP contribution in [-0.4, -0.2) is 41.0 Å². The SMILES string of the molecule is [2H]C1([2H])C([2H])([2H])C([2H])(C(=O)O)C([2H])([2H])C([2H])(OC)C1([2H])Cc1cn(C)c2ccc(NC(=O)OC3CCCC3)cc12. The molecule has 0 aliphatic heterocycles. The molecule has 31 heavy (non-hydrogen) atoms. The van der Waals surface area contributed by atoms with Gasteiger partial charge in [-0.25, -0.2) is 4.79 Å². The van der Waals surface area contributed by atoms with Gasteiger partial charge in [0, 0.05) is 47.9 Å². The minimum Gasteiger partial charge on any atom is -0.481 e. The molecule has 2 aromatic rings. The number of carboxylic acid groups (broad SMARTS) is 1. The number of benzene rings is 1. The topological polar surface area (TPSA) is 89.8 Å². The van der Waals surface area contributed by atoms with Gasteiger partial charge in [0.1, 0.15) is 6.10 Å². The quantitative estimate of drug-likeness (QED) is 0.682. The minimum atomic E-state index is -3.83. The van der Waals surface area contributed by atoms with E-state index >= 15 is 0 Å². The Morgan fingerprint density at radius 2 is 2.10 bits per heavy atom. The molecule has 3 unspecified atom stereocenters. The van der Waals surface area contributed by atoms with Gasteiger partial charge in [-0.3, -0.25) is 10.1 Å². The molecule has 2 aliphatic carbocycles. The van der Waals surface area contributed by atoms with Crippen molar-refractivity contribution in [2.45, 2.75) is 63.4 Å². The number of fused-ring (bicyclic) bond motifs is 1. The predicted molar refractivity (Wildman–Crippen MR) is 118 cm³/mol. The van der Waals surface area contributed by atoms with Gasteiger partial charge in [-0.2, -0.15) is 0 Å². The van der Waals surface area contributed by atoms with E-state index < -0.39 is 55.5 Å². The lowest BCUT2D eigenvalue weighted by Gasteiger charge is -2.33. The number of methoxy groups -OCH3 is 1. The van der Waals surface area contributed by atoms with Crippen molar-refractivity contribution in [1.29, 1.82) is 0 Å². The maximum absolute atomic E-state index is 12.4. The maximum atomic E-state index is 12.4. The van der Waals surface area contributed by atoms with Gasteiger partial charge in [0.25, 0.3) is 0 Å². The van der Waals surface area contributed by atoms with E-state index in [-0.39, 0.29) is 11.7 Å². The van der Waals surface area contributed by atoms with Crippen LogP contribution < -0.4 is 5.32 Å². The molecule has 2 fully saturated rings. The van der Waals surface area contributed by atoms with Crippen LogP contribution in [0.15, 0.2) is 24.4 Å². The first-order valence-electron chi connectivity index (χ1n) is 14.7. The third kappa shape index (κ3) is 4.87. The van der Waals surface area contributed by atoms with E-state index in [0.29, 0.717) is 16.6 Å². The van der Waals surface area contributed by atoms with E-state index in [1.165, 1.54) is 12.3 Å². The number of hydrogen-bond acceptors (Lipinski definition) is 4. The Balaban J connectivity index is 1.81. The number of aromatic nitrogens is 1. The number of carbonyl (C=O) groups excluding carboxylic acids is 1. The van der Waals surface area contributed by atoms with Gasteiger partial charge in [0.15, 0.2) is 0 Å². The highest BCUT2D eigenvalue weighted by Crippen LogP contribution is 2.35. The van der Waals surface area contributed by atoms with Gasteiger partial charge < -0.3 is 19.1 Å². The molecule has 3 atom stereocenters. The van der Waals surface area contributed by atoms with Crippen LogP contribution in [0.3, 0.4) is 0 Å². The molecule has 7 nitrogen and oxygen atoms in total. The smallest absolute Gasteiger partial charge is 0.411 e. The summed E-state index contributed by atoms with van der Waals surface area (Å²) in [5, 5.41) is 12.8. The van der Waals surface area contributed by atoms with Crippen molar-refractivity contribution < 1.29 is 36.5 Å². The first-order valence-corrected chi connectivity index (χ1v) is 10.2. The Hall–Kier alpha value is -2.54. The molecule has 0 spiro atoms. The maximum Gasteiger partial charge on any atom is 0.411 e. The Bertz CT molecular complexity index is 1350. The van der Waals surface area contributed by atoms with E-state index in [1.807, 2.05) is 0 Å². The largest absolute Gasteiger partial charge is 0.481 e. The summed E-state index contributed by atoms with van der Waals surface area (Å²) < 4.78 is 89.5. The number of rotatable bonds is 6. The number of nitrogens with one attached hydrogen (secondary N) is 1. The molecular weight excluding hydrogens is 396 g/mol. The second kappa shape index (κ2) is 9.30. The Kier molecular flexibility index (Phi) is 3.93. The lowest BCUT2D eigenvalue weighted by molar-refractivity contribution is -0.145. The Labute approximate surface area is 195 Å². The lowest BCUT2D eigenvalue weighted by Crippen LogP contribution is -2.35. The van der Waals surface area contributed by atoms with Crippen molar-refractivity contribution in [3.63, 3.8) is 0 Å². The third-order valence-electron chi connectivity index (χ3n) is 5.53. The fourth-order valence-electron chi connectivity index (χ4n) is 4.01. The molecule has 2 aliphatic rings. The Morgan fingerprint density at radius 3 is 2.81 bits per heavy atom. The van der Waals surface area contributed by atoms with Crippen molar-refractivity contribution in [2.75, 3.05) is 12.4 Å². The molecule has 2 saturated carbocycles. The van der Waals surface area contributed by atoms with Crippen LogP contribution in [0.5, 0.6) is 0 Å². The summed E-state index contributed by atoms with van der Waals surface area (Å²) in [5.74, 6) is -9.25. The van der Waals surface area contributed by atoms with Gasteiger partial charge in [0.05, 0.1) is 13.3 Å². The highest BCUT2D eigenvalue weighted by atomic mass is 16.6. The van der Waals surface area contributed by atoms with Gasteiger partial charge in [-0.05, 0) is 80.9 Å². The minimum absolute atomic E-state index is 0.174. The zero-order chi connectivity index (χ0) is 30.1. The number of carboxylic acids is 1. The normalized spacial score (nSPS) is 40.6. The van der Waals surface area contributed by atoms with Crippen molar-refractivity contribution in [3.8, 4) is 0 Å². The van der Waals surface area contributed by atoms with Crippen LogP contribution in [0.1, 0.15) is 62.7 Å². The summed E-state index contributed by atoms with van der Waals surface area (Å²) in [6, 6.07) is 4.80. The van der Waals surface area contributed by atoms with Crippen molar-refractivity contribution >= 4 is 28.7 Å². The van der Waals surface area contributed by atoms with Crippen LogP contribution in [0, 0.1) is 11.8 Å². The van der Waals surface area contributed by atoms with Crippen LogP contribution >= 0.6 is 0 Å². The molecule has 168 valence electrons. The fourth-order valence-corrected chi connectivity index (χ4v) is 4.01. The van der Waals surface area contributed by atoms with Crippen LogP contribution in [0.2, 0.25) is 0 Å². The number of hydrogen-bond donors (Lipinski definition) is 2. The van der Waals surface area contributed by atoms with Gasteiger partial charge in [0.2, 0.25) is 0 Å². The summed E-state index contributed by atoms with van der Waals surface area (Å²) >= 11 is 0. The van der Waals surface area contributed by atoms with Crippen molar-refractivity contribution in [2.24, 2.45) is 18.8 Å². The number of carbonyl (C=O) groups is 2. The first-order chi connectivity index (χ1) is 18.3. The summed E-state index contributed by atoms with van der Waals surface area (Å²) in [6.07, 6.45) is -11.0. The highest BCUT2D eigenvalue weighted by molar-refractivity contribution is 5.92. The highest BCUT2D eigenvalue weighted by Gasteiger charge is 2.34. The monoisotopic (exact) mass is 437 g/mol. The summed E-state index contributed by atoms with van der Waals surface area (Å²) in [4.78, 5) is 24.5. The molecule has 1 aromatic carbocycles. The second-order valence-electron chi connectivity index (χ2n) is 7.68. The van der Waals surface area contributed by atoms with Crippen LogP contribution in [-0.2, 0) is 27.7 Å². The third-order valence-corrected chi connectivity index (χ3v) is 5.53. The first kappa shape index (κ1) is 13.1. The standard InChI is InChI=1S/C24H32N2O5/c1-26-14-17(11-15-7-8-16(23(27)28)12-22(15)30-2)20-13-18(9-10-21(20)26)25-24(29)31-19-5-3-4-6-19/h9-10,13-16,19,22H,3-8,11-12H2,1-2H3,(H,25,29)(H,27,28)/i7D2,8D2,12D2,15D,16D,22D. The molecule has 1 heterocycles. The molecule has 1 aromatic heterocycles. The fraction of sp³-hybridized carbons (Fsp3) is 0.583. The molecule has 4 rings (SSSR count). The number of aryl methyl sites for hydroxylation is 1. The van der Waals surface area contributed by atoms with Gasteiger partial charge in [-0.1, -0.05) is 0 Å². The van der Waals surface area contributed by atoms with Crippen LogP contribution in [0.4, 0.5) is 10.5 Å². The number of amides is 1. The molecule has 2 N–H and O–H groups in total.